The standard InChI is InChI=1S/C25H30N6O.2C2HF3O2/c1-18(2)29-8-10-30(11-9-29)25(32)23-12-21(17-31(23)16-19-5-6-19)22-14-27-24(28-15-22)20-4-3-7-26-13-20;2*3-2(4,5)1(6)7/h3-4,7,12-15,17-19H,5-6,8-11,16H2,1-2H3;2*(H,6,7). The van der Waals surface area contributed by atoms with E-state index >= 15 is 0 Å². The van der Waals surface area contributed by atoms with Crippen LogP contribution in [0.3, 0.4) is 0 Å². The maximum Gasteiger partial charge on any atom is 0.490 e. The summed E-state index contributed by atoms with van der Waals surface area (Å²) in [4.78, 5) is 48.9. The van der Waals surface area contributed by atoms with E-state index in [1.807, 2.05) is 35.5 Å². The second-order valence-corrected chi connectivity index (χ2v) is 10.8. The number of carboxylic acids is 2. The van der Waals surface area contributed by atoms with Crippen molar-refractivity contribution in [3.8, 4) is 22.5 Å². The van der Waals surface area contributed by atoms with Gasteiger partial charge in [-0.15, -0.1) is 0 Å². The van der Waals surface area contributed by atoms with Crippen molar-refractivity contribution < 1.29 is 50.9 Å². The molecule has 1 aliphatic carbocycles. The van der Waals surface area contributed by atoms with Crippen molar-refractivity contribution in [3.63, 3.8) is 0 Å². The lowest BCUT2D eigenvalue weighted by Gasteiger charge is -2.37. The third-order valence-corrected chi connectivity index (χ3v) is 6.99. The smallest absolute Gasteiger partial charge is 0.475 e. The van der Waals surface area contributed by atoms with E-state index in [-0.39, 0.29) is 5.91 Å². The van der Waals surface area contributed by atoms with E-state index in [1.54, 1.807) is 12.4 Å². The van der Waals surface area contributed by atoms with Gasteiger partial charge in [-0.2, -0.15) is 26.3 Å². The molecule has 1 aliphatic heterocycles. The van der Waals surface area contributed by atoms with E-state index in [0.29, 0.717) is 17.8 Å². The van der Waals surface area contributed by atoms with Crippen LogP contribution >= 0.6 is 0 Å². The van der Waals surface area contributed by atoms with Crippen LogP contribution in [0, 0.1) is 5.92 Å². The number of halogens is 6. The van der Waals surface area contributed by atoms with Gasteiger partial charge in [-0.25, -0.2) is 19.6 Å². The van der Waals surface area contributed by atoms with E-state index in [9.17, 15) is 31.1 Å². The van der Waals surface area contributed by atoms with Crippen LogP contribution in [0.15, 0.2) is 49.2 Å². The zero-order chi connectivity index (χ0) is 34.2. The van der Waals surface area contributed by atoms with Crippen LogP contribution in [0.1, 0.15) is 37.2 Å². The SMILES string of the molecule is CC(C)N1CCN(C(=O)c2cc(-c3cnc(-c4cccnc4)nc3)cn2CC2CC2)CC1.O=C(O)C(F)(F)F.O=C(O)C(F)(F)F. The highest BCUT2D eigenvalue weighted by molar-refractivity contribution is 5.94. The van der Waals surface area contributed by atoms with Crippen molar-refractivity contribution in [1.82, 2.24) is 29.3 Å². The fourth-order valence-electron chi connectivity index (χ4n) is 4.30. The normalized spacial score (nSPS) is 15.4. The van der Waals surface area contributed by atoms with Gasteiger partial charge in [0.2, 0.25) is 0 Å². The lowest BCUT2D eigenvalue weighted by atomic mass is 10.1. The Balaban J connectivity index is 0.000000345. The summed E-state index contributed by atoms with van der Waals surface area (Å²) in [6.45, 7) is 8.76. The average molecular weight is 659 g/mol. The molecule has 0 bridgehead atoms. The number of aromatic nitrogens is 4. The van der Waals surface area contributed by atoms with Crippen LogP contribution in [0.5, 0.6) is 0 Å². The number of piperazine rings is 1. The largest absolute Gasteiger partial charge is 0.490 e. The van der Waals surface area contributed by atoms with Gasteiger partial charge >= 0.3 is 24.3 Å². The van der Waals surface area contributed by atoms with Gasteiger partial charge in [-0.3, -0.25) is 14.7 Å². The molecule has 1 saturated heterocycles. The van der Waals surface area contributed by atoms with Crippen molar-refractivity contribution in [3.05, 3.63) is 54.9 Å². The lowest BCUT2D eigenvalue weighted by Crippen LogP contribution is -2.51. The van der Waals surface area contributed by atoms with E-state index in [4.69, 9.17) is 19.8 Å². The molecular formula is C29H32F6N6O5. The summed E-state index contributed by atoms with van der Waals surface area (Å²) in [6, 6.07) is 6.36. The quantitative estimate of drug-likeness (QED) is 0.356. The number of hydrogen-bond donors (Lipinski definition) is 2. The van der Waals surface area contributed by atoms with Gasteiger partial charge in [0.05, 0.1) is 0 Å². The molecule has 1 saturated carbocycles. The Morgan fingerprint density at radius 1 is 0.870 bits per heavy atom. The first kappa shape index (κ1) is 35.9. The molecule has 2 fully saturated rings. The number of carboxylic acid groups (broad SMARTS) is 2. The molecular weight excluding hydrogens is 626 g/mol. The minimum atomic E-state index is -5.08. The number of pyridine rings is 1. The van der Waals surface area contributed by atoms with Crippen molar-refractivity contribution in [2.45, 2.75) is 51.6 Å². The number of nitrogens with zero attached hydrogens (tertiary/aromatic N) is 6. The lowest BCUT2D eigenvalue weighted by molar-refractivity contribution is -0.193. The summed E-state index contributed by atoms with van der Waals surface area (Å²) in [5.41, 5.74) is 3.58. The summed E-state index contributed by atoms with van der Waals surface area (Å²) >= 11 is 0. The zero-order valence-corrected chi connectivity index (χ0v) is 24.8. The van der Waals surface area contributed by atoms with E-state index < -0.39 is 24.3 Å². The van der Waals surface area contributed by atoms with E-state index in [1.165, 1.54) is 12.8 Å². The van der Waals surface area contributed by atoms with E-state index in [0.717, 1.165) is 55.1 Å². The van der Waals surface area contributed by atoms with Gasteiger partial charge in [0, 0.05) is 86.4 Å². The number of carbonyl (C=O) groups is 3. The Labute approximate surface area is 259 Å². The molecule has 1 amide bonds. The number of aliphatic carboxylic acids is 2. The Morgan fingerprint density at radius 3 is 1.85 bits per heavy atom. The van der Waals surface area contributed by atoms with E-state index in [2.05, 4.69) is 44.5 Å². The molecule has 250 valence electrons. The topological polar surface area (TPSA) is 142 Å². The van der Waals surface area contributed by atoms with Crippen molar-refractivity contribution in [2.75, 3.05) is 26.2 Å². The predicted octanol–water partition coefficient (Wildman–Crippen LogP) is 4.85. The van der Waals surface area contributed by atoms with Crippen LogP contribution in [0.4, 0.5) is 26.3 Å². The minimum Gasteiger partial charge on any atom is -0.475 e. The predicted molar refractivity (Wildman–Crippen MR) is 151 cm³/mol. The highest BCUT2D eigenvalue weighted by Crippen LogP contribution is 2.33. The molecule has 46 heavy (non-hydrogen) atoms. The summed E-state index contributed by atoms with van der Waals surface area (Å²) < 4.78 is 65.6. The van der Waals surface area contributed by atoms with Gasteiger partial charge in [0.15, 0.2) is 5.82 Å². The Hall–Kier alpha value is -4.54. The first-order chi connectivity index (χ1) is 21.5. The summed E-state index contributed by atoms with van der Waals surface area (Å²) in [5, 5.41) is 14.2. The fraction of sp³-hybridized carbons (Fsp3) is 0.448. The Kier molecular flexibility index (Phi) is 11.8. The summed E-state index contributed by atoms with van der Waals surface area (Å²) in [7, 11) is 0. The summed E-state index contributed by atoms with van der Waals surface area (Å²) in [5.74, 6) is -4.05. The number of rotatable bonds is 6. The fourth-order valence-corrected chi connectivity index (χ4v) is 4.30. The minimum absolute atomic E-state index is 0.133. The molecule has 2 aliphatic rings. The molecule has 3 aromatic rings. The van der Waals surface area contributed by atoms with Gasteiger partial charge in [0.1, 0.15) is 5.69 Å². The van der Waals surface area contributed by atoms with Crippen LogP contribution < -0.4 is 0 Å². The second-order valence-electron chi connectivity index (χ2n) is 10.8. The molecule has 5 rings (SSSR count). The molecule has 11 nitrogen and oxygen atoms in total. The number of carbonyl (C=O) groups excluding carboxylic acids is 1. The molecule has 0 spiro atoms. The zero-order valence-electron chi connectivity index (χ0n) is 24.8. The molecule has 0 aromatic carbocycles. The molecule has 0 atom stereocenters. The van der Waals surface area contributed by atoms with Crippen molar-refractivity contribution in [1.29, 1.82) is 0 Å². The molecule has 17 heteroatoms. The van der Waals surface area contributed by atoms with Crippen LogP contribution in [0.2, 0.25) is 0 Å². The van der Waals surface area contributed by atoms with Crippen LogP contribution in [0.25, 0.3) is 22.5 Å². The maximum atomic E-state index is 13.4. The third kappa shape index (κ3) is 10.5. The maximum absolute atomic E-state index is 13.4. The van der Waals surface area contributed by atoms with Crippen LogP contribution in [-0.4, -0.2) is 102 Å². The molecule has 2 N–H and O–H groups in total. The highest BCUT2D eigenvalue weighted by atomic mass is 19.4. The number of hydrogen-bond acceptors (Lipinski definition) is 7. The second kappa shape index (κ2) is 15.2. The molecule has 4 heterocycles. The first-order valence-electron chi connectivity index (χ1n) is 14.0. The number of amides is 1. The van der Waals surface area contributed by atoms with Gasteiger partial charge < -0.3 is 19.7 Å². The van der Waals surface area contributed by atoms with Crippen LogP contribution in [-0.2, 0) is 16.1 Å². The Morgan fingerprint density at radius 2 is 1.41 bits per heavy atom. The van der Waals surface area contributed by atoms with Gasteiger partial charge in [0.25, 0.3) is 5.91 Å². The Bertz CT molecular complexity index is 1440. The van der Waals surface area contributed by atoms with Gasteiger partial charge in [-0.1, -0.05) is 0 Å². The first-order valence-corrected chi connectivity index (χ1v) is 14.0. The summed E-state index contributed by atoms with van der Waals surface area (Å²) in [6.07, 6.45) is 1.59. The van der Waals surface area contributed by atoms with Crippen molar-refractivity contribution >= 4 is 17.8 Å². The van der Waals surface area contributed by atoms with Gasteiger partial charge in [-0.05, 0) is 50.8 Å². The molecule has 3 aromatic heterocycles. The molecule has 0 radical (unpaired) electrons. The monoisotopic (exact) mass is 658 g/mol. The van der Waals surface area contributed by atoms with Crippen molar-refractivity contribution in [2.24, 2.45) is 5.92 Å². The highest BCUT2D eigenvalue weighted by Gasteiger charge is 2.39. The average Bonchev–Trinajstić information content (AvgIpc) is 3.73. The molecule has 0 unspecified atom stereocenters. The number of alkyl halides is 6. The third-order valence-electron chi connectivity index (χ3n) is 6.99.